The SMILES string of the molecule is O=C(Nc1ccccc1F)NC1(Cl)CC1. The number of hydrogen-bond acceptors (Lipinski definition) is 1. The summed E-state index contributed by atoms with van der Waals surface area (Å²) in [5.74, 6) is -0.466. The minimum atomic E-state index is -0.616. The Labute approximate surface area is 91.6 Å². The quantitative estimate of drug-likeness (QED) is 0.593. The second-order valence-electron chi connectivity index (χ2n) is 3.52. The second kappa shape index (κ2) is 3.70. The van der Waals surface area contributed by atoms with Crippen LogP contribution in [-0.2, 0) is 0 Å². The van der Waals surface area contributed by atoms with Gasteiger partial charge in [0.1, 0.15) is 10.8 Å². The van der Waals surface area contributed by atoms with E-state index >= 15 is 0 Å². The van der Waals surface area contributed by atoms with Gasteiger partial charge < -0.3 is 10.6 Å². The maximum absolute atomic E-state index is 13.1. The van der Waals surface area contributed by atoms with Gasteiger partial charge in [-0.3, -0.25) is 0 Å². The van der Waals surface area contributed by atoms with E-state index in [0.29, 0.717) is 0 Å². The van der Waals surface area contributed by atoms with Crippen LogP contribution in [0.3, 0.4) is 0 Å². The monoisotopic (exact) mass is 228 g/mol. The van der Waals surface area contributed by atoms with Crippen LogP contribution in [-0.4, -0.2) is 11.0 Å². The number of benzene rings is 1. The summed E-state index contributed by atoms with van der Waals surface area (Å²) in [6.07, 6.45) is 1.50. The van der Waals surface area contributed by atoms with E-state index in [1.165, 1.54) is 12.1 Å². The van der Waals surface area contributed by atoms with Gasteiger partial charge in [-0.15, -0.1) is 0 Å². The molecule has 0 aromatic heterocycles. The Hall–Kier alpha value is -1.29. The Morgan fingerprint density at radius 2 is 2.07 bits per heavy atom. The zero-order valence-electron chi connectivity index (χ0n) is 7.89. The summed E-state index contributed by atoms with van der Waals surface area (Å²) in [6.45, 7) is 0. The van der Waals surface area contributed by atoms with Crippen molar-refractivity contribution in [2.75, 3.05) is 5.32 Å². The van der Waals surface area contributed by atoms with Gasteiger partial charge in [-0.25, -0.2) is 9.18 Å². The molecule has 1 aliphatic carbocycles. The lowest BCUT2D eigenvalue weighted by atomic mass is 10.3. The second-order valence-corrected chi connectivity index (χ2v) is 4.25. The first-order valence-electron chi connectivity index (χ1n) is 4.62. The summed E-state index contributed by atoms with van der Waals surface area (Å²) in [7, 11) is 0. The molecule has 0 unspecified atom stereocenters. The topological polar surface area (TPSA) is 41.1 Å². The Kier molecular flexibility index (Phi) is 2.52. The molecule has 0 radical (unpaired) electrons. The van der Waals surface area contributed by atoms with Gasteiger partial charge in [0.25, 0.3) is 0 Å². The van der Waals surface area contributed by atoms with Gasteiger partial charge in [0.15, 0.2) is 0 Å². The summed E-state index contributed by atoms with van der Waals surface area (Å²) in [5, 5.41) is 4.95. The Balaban J connectivity index is 1.97. The zero-order valence-corrected chi connectivity index (χ0v) is 8.64. The first kappa shape index (κ1) is 10.2. The number of amides is 2. The lowest BCUT2D eigenvalue weighted by Crippen LogP contribution is -2.36. The number of hydrogen-bond donors (Lipinski definition) is 2. The van der Waals surface area contributed by atoms with Crippen molar-refractivity contribution in [3.63, 3.8) is 0 Å². The minimum absolute atomic E-state index is 0.149. The maximum atomic E-state index is 13.1. The molecule has 2 amide bonds. The normalized spacial score (nSPS) is 16.9. The first-order chi connectivity index (χ1) is 7.09. The van der Waals surface area contributed by atoms with Crippen molar-refractivity contribution in [2.24, 2.45) is 0 Å². The van der Waals surface area contributed by atoms with Gasteiger partial charge in [0, 0.05) is 0 Å². The van der Waals surface area contributed by atoms with Crippen LogP contribution in [0.5, 0.6) is 0 Å². The van der Waals surface area contributed by atoms with Crippen LogP contribution in [0.15, 0.2) is 24.3 Å². The van der Waals surface area contributed by atoms with E-state index in [0.717, 1.165) is 12.8 Å². The molecule has 1 fully saturated rings. The molecule has 0 bridgehead atoms. The minimum Gasteiger partial charge on any atom is -0.319 e. The average molecular weight is 229 g/mol. The molecule has 1 saturated carbocycles. The molecule has 0 heterocycles. The lowest BCUT2D eigenvalue weighted by molar-refractivity contribution is 0.250. The largest absolute Gasteiger partial charge is 0.320 e. The number of carbonyl (C=O) groups is 1. The van der Waals surface area contributed by atoms with Crippen molar-refractivity contribution in [3.8, 4) is 0 Å². The molecule has 0 aliphatic heterocycles. The molecule has 15 heavy (non-hydrogen) atoms. The van der Waals surface area contributed by atoms with Crippen LogP contribution in [0, 0.1) is 5.82 Å². The third-order valence-corrected chi connectivity index (χ3v) is 2.62. The molecule has 5 heteroatoms. The average Bonchev–Trinajstić information content (AvgIpc) is 2.87. The van der Waals surface area contributed by atoms with Gasteiger partial charge in [0.05, 0.1) is 5.69 Å². The van der Waals surface area contributed by atoms with Crippen LogP contribution in [0.4, 0.5) is 14.9 Å². The number of alkyl halides is 1. The number of nitrogens with one attached hydrogen (secondary N) is 2. The fraction of sp³-hybridized carbons (Fsp3) is 0.300. The predicted octanol–water partition coefficient (Wildman–Crippen LogP) is 2.68. The van der Waals surface area contributed by atoms with E-state index in [2.05, 4.69) is 10.6 Å². The molecule has 3 nitrogen and oxygen atoms in total. The fourth-order valence-electron chi connectivity index (χ4n) is 1.15. The van der Waals surface area contributed by atoms with Gasteiger partial charge in [0.2, 0.25) is 0 Å². The molecule has 0 atom stereocenters. The van der Waals surface area contributed by atoms with Crippen LogP contribution in [0.1, 0.15) is 12.8 Å². The summed E-state index contributed by atoms with van der Waals surface area (Å²) in [4.78, 5) is 10.7. The maximum Gasteiger partial charge on any atom is 0.320 e. The Morgan fingerprint density at radius 3 is 2.67 bits per heavy atom. The van der Waals surface area contributed by atoms with E-state index in [-0.39, 0.29) is 5.69 Å². The highest BCUT2D eigenvalue weighted by molar-refractivity contribution is 6.26. The Bertz CT molecular complexity index is 393. The molecule has 80 valence electrons. The molecule has 0 saturated heterocycles. The van der Waals surface area contributed by atoms with Crippen molar-refractivity contribution in [2.45, 2.75) is 17.8 Å². The number of rotatable bonds is 2. The van der Waals surface area contributed by atoms with Crippen molar-refractivity contribution >= 4 is 23.3 Å². The summed E-state index contributed by atoms with van der Waals surface area (Å²) in [5.41, 5.74) is 0.149. The molecular formula is C10H10ClFN2O. The highest BCUT2D eigenvalue weighted by Crippen LogP contribution is 2.39. The van der Waals surface area contributed by atoms with Gasteiger partial charge in [-0.1, -0.05) is 23.7 Å². The number of anilines is 1. The van der Waals surface area contributed by atoms with Gasteiger partial charge >= 0.3 is 6.03 Å². The highest BCUT2D eigenvalue weighted by atomic mass is 35.5. The van der Waals surface area contributed by atoms with Crippen LogP contribution >= 0.6 is 11.6 Å². The molecular weight excluding hydrogens is 219 g/mol. The number of urea groups is 1. The molecule has 2 rings (SSSR count). The summed E-state index contributed by atoms with van der Waals surface area (Å²) >= 11 is 5.88. The van der Waals surface area contributed by atoms with Crippen molar-refractivity contribution < 1.29 is 9.18 Å². The van der Waals surface area contributed by atoms with Crippen molar-refractivity contribution in [1.82, 2.24) is 5.32 Å². The summed E-state index contributed by atoms with van der Waals surface area (Å²) in [6, 6.07) is 5.49. The van der Waals surface area contributed by atoms with E-state index in [1.807, 2.05) is 0 Å². The number of halogens is 2. The Morgan fingerprint density at radius 1 is 1.40 bits per heavy atom. The third-order valence-electron chi connectivity index (χ3n) is 2.15. The third kappa shape index (κ3) is 2.59. The zero-order chi connectivity index (χ0) is 10.9. The molecule has 1 aliphatic rings. The number of carbonyl (C=O) groups excluding carboxylic acids is 1. The number of para-hydroxylation sites is 1. The van der Waals surface area contributed by atoms with Crippen LogP contribution in [0.2, 0.25) is 0 Å². The van der Waals surface area contributed by atoms with Gasteiger partial charge in [-0.05, 0) is 25.0 Å². The fourth-order valence-corrected chi connectivity index (χ4v) is 1.33. The van der Waals surface area contributed by atoms with E-state index in [1.54, 1.807) is 12.1 Å². The van der Waals surface area contributed by atoms with Crippen molar-refractivity contribution in [3.05, 3.63) is 30.1 Å². The lowest BCUT2D eigenvalue weighted by Gasteiger charge is -2.11. The molecule has 1 aromatic carbocycles. The first-order valence-corrected chi connectivity index (χ1v) is 4.99. The molecule has 1 aromatic rings. The highest BCUT2D eigenvalue weighted by Gasteiger charge is 2.42. The van der Waals surface area contributed by atoms with Crippen LogP contribution < -0.4 is 10.6 Å². The van der Waals surface area contributed by atoms with Crippen LogP contribution in [0.25, 0.3) is 0 Å². The van der Waals surface area contributed by atoms with Gasteiger partial charge in [-0.2, -0.15) is 0 Å². The molecule has 2 N–H and O–H groups in total. The predicted molar refractivity (Wildman–Crippen MR) is 56.4 cm³/mol. The smallest absolute Gasteiger partial charge is 0.319 e. The molecule has 0 spiro atoms. The van der Waals surface area contributed by atoms with E-state index < -0.39 is 16.8 Å². The van der Waals surface area contributed by atoms with E-state index in [4.69, 9.17) is 11.6 Å². The van der Waals surface area contributed by atoms with Crippen molar-refractivity contribution in [1.29, 1.82) is 0 Å². The standard InChI is InChI=1S/C10H10ClFN2O/c11-10(5-6-10)14-9(15)13-8-4-2-1-3-7(8)12/h1-4H,5-6H2,(H2,13,14,15). The summed E-state index contributed by atoms with van der Waals surface area (Å²) < 4.78 is 13.1. The van der Waals surface area contributed by atoms with E-state index in [9.17, 15) is 9.18 Å².